The molecule has 1 aromatic carbocycles. The molecule has 0 radical (unpaired) electrons. The Morgan fingerprint density at radius 2 is 1.82 bits per heavy atom. The van der Waals surface area contributed by atoms with Crippen molar-refractivity contribution < 1.29 is 4.79 Å². The first-order valence-corrected chi connectivity index (χ1v) is 7.04. The lowest BCUT2D eigenvalue weighted by Crippen LogP contribution is -2.14. The van der Waals surface area contributed by atoms with Gasteiger partial charge in [0.2, 0.25) is 0 Å². The molecular formula is C15H16OS. The van der Waals surface area contributed by atoms with Gasteiger partial charge >= 0.3 is 0 Å². The zero-order valence-corrected chi connectivity index (χ0v) is 10.8. The smallest absolute Gasteiger partial charge is 0.159 e. The number of fused-ring (bicyclic) bond motifs is 2. The SMILES string of the molecule is Cc1ccc(SC2=CC(=O)C3CCC2C3)cc1. The summed E-state index contributed by atoms with van der Waals surface area (Å²) in [4.78, 5) is 14.4. The van der Waals surface area contributed by atoms with E-state index in [1.807, 2.05) is 6.08 Å². The molecule has 2 heteroatoms. The number of rotatable bonds is 2. The standard InChI is InChI=1S/C15H16OS/c1-10-2-6-13(7-3-10)17-15-9-14(16)11-4-5-12(15)8-11/h2-3,6-7,9,11-12H,4-5,8H2,1H3. The minimum atomic E-state index is 0.336. The van der Waals surface area contributed by atoms with Gasteiger partial charge in [0.15, 0.2) is 5.78 Å². The lowest BCUT2D eigenvalue weighted by Gasteiger charge is -2.19. The molecule has 0 aromatic heterocycles. The third kappa shape index (κ3) is 2.19. The maximum Gasteiger partial charge on any atom is 0.159 e. The molecule has 1 fully saturated rings. The third-order valence-corrected chi connectivity index (χ3v) is 4.97. The van der Waals surface area contributed by atoms with E-state index in [0.717, 1.165) is 12.8 Å². The number of carbonyl (C=O) groups excluding carboxylic acids is 1. The van der Waals surface area contributed by atoms with Gasteiger partial charge in [-0.05, 0) is 55.2 Å². The molecule has 0 spiro atoms. The summed E-state index contributed by atoms with van der Waals surface area (Å²) < 4.78 is 0. The van der Waals surface area contributed by atoms with E-state index in [4.69, 9.17) is 0 Å². The predicted octanol–water partition coefficient (Wildman–Crippen LogP) is 3.97. The van der Waals surface area contributed by atoms with Crippen LogP contribution in [0.15, 0.2) is 40.1 Å². The Morgan fingerprint density at radius 1 is 1.12 bits per heavy atom. The van der Waals surface area contributed by atoms with E-state index in [1.165, 1.54) is 21.8 Å². The second-order valence-electron chi connectivity index (χ2n) is 5.07. The van der Waals surface area contributed by atoms with Gasteiger partial charge in [0, 0.05) is 10.8 Å². The largest absolute Gasteiger partial charge is 0.295 e. The second-order valence-corrected chi connectivity index (χ2v) is 6.22. The molecule has 1 aromatic rings. The molecule has 0 N–H and O–H groups in total. The first-order chi connectivity index (χ1) is 8.22. The maximum absolute atomic E-state index is 11.8. The summed E-state index contributed by atoms with van der Waals surface area (Å²) in [7, 11) is 0. The van der Waals surface area contributed by atoms with Gasteiger partial charge in [-0.25, -0.2) is 0 Å². The number of allylic oxidation sites excluding steroid dienone is 2. The number of hydrogen-bond acceptors (Lipinski definition) is 2. The van der Waals surface area contributed by atoms with Crippen molar-refractivity contribution in [2.75, 3.05) is 0 Å². The average Bonchev–Trinajstić information content (AvgIpc) is 2.75. The molecule has 2 unspecified atom stereocenters. The molecule has 88 valence electrons. The number of aryl methyl sites for hydroxylation is 1. The van der Waals surface area contributed by atoms with Gasteiger partial charge in [0.05, 0.1) is 0 Å². The normalized spacial score (nSPS) is 27.1. The highest BCUT2D eigenvalue weighted by Gasteiger charge is 2.35. The highest BCUT2D eigenvalue weighted by molar-refractivity contribution is 8.03. The lowest BCUT2D eigenvalue weighted by molar-refractivity contribution is -0.118. The highest BCUT2D eigenvalue weighted by atomic mass is 32.2. The molecule has 1 nitrogen and oxygen atoms in total. The molecule has 3 rings (SSSR count). The van der Waals surface area contributed by atoms with E-state index in [2.05, 4.69) is 31.2 Å². The summed E-state index contributed by atoms with van der Waals surface area (Å²) in [6.07, 6.45) is 5.28. The zero-order chi connectivity index (χ0) is 11.8. The Labute approximate surface area is 106 Å². The molecule has 0 saturated heterocycles. The third-order valence-electron chi connectivity index (χ3n) is 3.78. The van der Waals surface area contributed by atoms with Crippen molar-refractivity contribution in [2.24, 2.45) is 11.8 Å². The summed E-state index contributed by atoms with van der Waals surface area (Å²) in [5.74, 6) is 1.33. The first kappa shape index (κ1) is 11.1. The van der Waals surface area contributed by atoms with Crippen LogP contribution in [0.4, 0.5) is 0 Å². The summed E-state index contributed by atoms with van der Waals surface area (Å²) in [6, 6.07) is 8.55. The fourth-order valence-electron chi connectivity index (χ4n) is 2.73. The van der Waals surface area contributed by atoms with Crippen molar-refractivity contribution in [2.45, 2.75) is 31.1 Å². The number of benzene rings is 1. The summed E-state index contributed by atoms with van der Waals surface area (Å²) in [6.45, 7) is 2.10. The van der Waals surface area contributed by atoms with Gasteiger partial charge in [0.25, 0.3) is 0 Å². The van der Waals surface area contributed by atoms with E-state index >= 15 is 0 Å². The number of carbonyl (C=O) groups is 1. The van der Waals surface area contributed by atoms with Gasteiger partial charge < -0.3 is 0 Å². The van der Waals surface area contributed by atoms with Gasteiger partial charge in [-0.3, -0.25) is 4.79 Å². The lowest BCUT2D eigenvalue weighted by atomic mass is 9.94. The van der Waals surface area contributed by atoms with Crippen molar-refractivity contribution in [3.8, 4) is 0 Å². The number of ketones is 1. The molecule has 0 heterocycles. The molecule has 17 heavy (non-hydrogen) atoms. The monoisotopic (exact) mass is 244 g/mol. The number of hydrogen-bond donors (Lipinski definition) is 0. The fraction of sp³-hybridized carbons (Fsp3) is 0.400. The van der Waals surface area contributed by atoms with Crippen LogP contribution < -0.4 is 0 Å². The van der Waals surface area contributed by atoms with Gasteiger partial charge in [-0.2, -0.15) is 0 Å². The van der Waals surface area contributed by atoms with Crippen LogP contribution in [0.2, 0.25) is 0 Å². The molecule has 2 aliphatic carbocycles. The van der Waals surface area contributed by atoms with Gasteiger partial charge in [-0.15, -0.1) is 0 Å². The van der Waals surface area contributed by atoms with E-state index in [0.29, 0.717) is 17.6 Å². The van der Waals surface area contributed by atoms with Gasteiger partial charge in [-0.1, -0.05) is 29.5 Å². The Bertz CT molecular complexity index is 472. The molecular weight excluding hydrogens is 228 g/mol. The Kier molecular flexibility index (Phi) is 2.83. The van der Waals surface area contributed by atoms with Crippen LogP contribution in [-0.2, 0) is 4.79 Å². The van der Waals surface area contributed by atoms with Crippen LogP contribution in [-0.4, -0.2) is 5.78 Å². The minimum absolute atomic E-state index is 0.336. The molecule has 0 aliphatic heterocycles. The molecule has 2 bridgehead atoms. The Hall–Kier alpha value is -1.02. The van der Waals surface area contributed by atoms with Crippen LogP contribution in [0.25, 0.3) is 0 Å². The molecule has 1 saturated carbocycles. The topological polar surface area (TPSA) is 17.1 Å². The predicted molar refractivity (Wildman–Crippen MR) is 71.0 cm³/mol. The van der Waals surface area contributed by atoms with E-state index in [9.17, 15) is 4.79 Å². The number of thioether (sulfide) groups is 1. The summed E-state index contributed by atoms with van der Waals surface area (Å²) >= 11 is 1.78. The second kappa shape index (κ2) is 4.34. The highest BCUT2D eigenvalue weighted by Crippen LogP contribution is 2.46. The van der Waals surface area contributed by atoms with Crippen LogP contribution >= 0.6 is 11.8 Å². The van der Waals surface area contributed by atoms with Crippen LogP contribution in [0.3, 0.4) is 0 Å². The van der Waals surface area contributed by atoms with Crippen molar-refractivity contribution in [1.82, 2.24) is 0 Å². The Balaban J connectivity index is 1.81. The van der Waals surface area contributed by atoms with Crippen molar-refractivity contribution in [3.63, 3.8) is 0 Å². The van der Waals surface area contributed by atoms with E-state index in [-0.39, 0.29) is 0 Å². The van der Waals surface area contributed by atoms with E-state index < -0.39 is 0 Å². The molecule has 2 atom stereocenters. The first-order valence-electron chi connectivity index (χ1n) is 6.22. The van der Waals surface area contributed by atoms with Crippen molar-refractivity contribution in [1.29, 1.82) is 0 Å². The minimum Gasteiger partial charge on any atom is -0.295 e. The van der Waals surface area contributed by atoms with E-state index in [1.54, 1.807) is 11.8 Å². The summed E-state index contributed by atoms with van der Waals surface area (Å²) in [5.41, 5.74) is 1.28. The Morgan fingerprint density at radius 3 is 2.59 bits per heavy atom. The maximum atomic E-state index is 11.8. The summed E-state index contributed by atoms with van der Waals surface area (Å²) in [5, 5.41) is 0. The average molecular weight is 244 g/mol. The fourth-order valence-corrected chi connectivity index (χ4v) is 3.83. The molecule has 0 amide bonds. The van der Waals surface area contributed by atoms with Crippen LogP contribution in [0, 0.1) is 18.8 Å². The van der Waals surface area contributed by atoms with Crippen molar-refractivity contribution >= 4 is 17.5 Å². The molecule has 2 aliphatic rings. The van der Waals surface area contributed by atoms with Gasteiger partial charge in [0.1, 0.15) is 0 Å². The quantitative estimate of drug-likeness (QED) is 0.783. The van der Waals surface area contributed by atoms with Crippen LogP contribution in [0.1, 0.15) is 24.8 Å². The zero-order valence-electron chi connectivity index (χ0n) is 9.98. The van der Waals surface area contributed by atoms with Crippen molar-refractivity contribution in [3.05, 3.63) is 40.8 Å². The van der Waals surface area contributed by atoms with Crippen LogP contribution in [0.5, 0.6) is 0 Å².